The maximum absolute atomic E-state index is 12.7. The van der Waals surface area contributed by atoms with Crippen LogP contribution in [0.5, 0.6) is 0 Å². The Morgan fingerprint density at radius 3 is 2.31 bits per heavy atom. The SMILES string of the molecule is CC(=O)OC1CC[C@]2(C)[C@H]3CC=C4[C@@H]5[C@@H](C)[C@H](C)CC[C@]5(C=O)CC[C@@]4(C)[C@]3(C)CC[C@H]2C1(C)C. The Hall–Kier alpha value is -1.12. The first-order chi connectivity index (χ1) is 16.3. The van der Waals surface area contributed by atoms with Crippen LogP contribution in [0.2, 0.25) is 0 Å². The highest BCUT2D eigenvalue weighted by Gasteiger charge is 2.68. The number of fused-ring (bicyclic) bond motifs is 7. The molecule has 3 nitrogen and oxygen atoms in total. The molecule has 0 aromatic heterocycles. The third-order valence-corrected chi connectivity index (χ3v) is 13.5. The topological polar surface area (TPSA) is 43.4 Å². The van der Waals surface area contributed by atoms with Crippen LogP contribution in [0.3, 0.4) is 0 Å². The normalized spacial score (nSPS) is 52.6. The predicted molar refractivity (Wildman–Crippen MR) is 141 cm³/mol. The largest absolute Gasteiger partial charge is 0.462 e. The molecule has 4 saturated carbocycles. The van der Waals surface area contributed by atoms with Crippen molar-refractivity contribution in [3.05, 3.63) is 11.6 Å². The Labute approximate surface area is 214 Å². The van der Waals surface area contributed by atoms with Crippen molar-refractivity contribution in [2.24, 2.45) is 56.7 Å². The molecule has 1 unspecified atom stereocenters. The first kappa shape index (κ1) is 25.5. The molecule has 5 aliphatic carbocycles. The third kappa shape index (κ3) is 3.21. The van der Waals surface area contributed by atoms with E-state index in [9.17, 15) is 9.59 Å². The number of rotatable bonds is 2. The Bertz CT molecular complexity index is 933. The standard InChI is InChI=1S/C32H50O3/c1-20-11-16-32(19-33)18-17-30(7)23(27(32)21(20)2)9-10-25-29(6)14-13-26(35-22(3)34)28(4,5)24(29)12-15-31(25,30)8/h9,19-21,24-27H,10-18H2,1-8H3/t20-,21+,24+,25-,26?,27+,29+,30-,31-,32-/m1/s1. The molecule has 0 aliphatic heterocycles. The van der Waals surface area contributed by atoms with Crippen molar-refractivity contribution in [3.8, 4) is 0 Å². The summed E-state index contributed by atoms with van der Waals surface area (Å²) in [5.41, 5.74) is 2.20. The highest BCUT2D eigenvalue weighted by molar-refractivity contribution is 5.66. The molecule has 0 aromatic carbocycles. The number of ether oxygens (including phenoxy) is 1. The van der Waals surface area contributed by atoms with E-state index in [1.165, 1.54) is 25.5 Å². The highest BCUT2D eigenvalue weighted by atomic mass is 16.5. The van der Waals surface area contributed by atoms with Gasteiger partial charge < -0.3 is 9.53 Å². The van der Waals surface area contributed by atoms with Crippen molar-refractivity contribution < 1.29 is 14.3 Å². The second-order valence-corrected chi connectivity index (χ2v) is 15.0. The molecule has 5 aliphatic rings. The highest BCUT2D eigenvalue weighted by Crippen LogP contribution is 2.75. The van der Waals surface area contributed by atoms with E-state index in [0.29, 0.717) is 29.6 Å². The number of hydrogen-bond acceptors (Lipinski definition) is 3. The van der Waals surface area contributed by atoms with Gasteiger partial charge in [0.05, 0.1) is 0 Å². The summed E-state index contributed by atoms with van der Waals surface area (Å²) in [7, 11) is 0. The lowest BCUT2D eigenvalue weighted by Crippen LogP contribution is -2.65. The maximum atomic E-state index is 12.7. The van der Waals surface area contributed by atoms with Gasteiger partial charge in [0.15, 0.2) is 0 Å². The summed E-state index contributed by atoms with van der Waals surface area (Å²) >= 11 is 0. The van der Waals surface area contributed by atoms with Crippen molar-refractivity contribution in [1.82, 2.24) is 0 Å². The fourth-order valence-electron chi connectivity index (χ4n) is 11.1. The molecule has 0 aromatic rings. The van der Waals surface area contributed by atoms with E-state index in [1.54, 1.807) is 12.5 Å². The fourth-order valence-corrected chi connectivity index (χ4v) is 11.1. The van der Waals surface area contributed by atoms with Gasteiger partial charge in [0.25, 0.3) is 0 Å². The van der Waals surface area contributed by atoms with Crippen LogP contribution < -0.4 is 0 Å². The number of carbonyl (C=O) groups is 2. The minimum atomic E-state index is -0.137. The van der Waals surface area contributed by atoms with Crippen molar-refractivity contribution in [1.29, 1.82) is 0 Å². The van der Waals surface area contributed by atoms with E-state index in [1.807, 2.05) is 0 Å². The van der Waals surface area contributed by atoms with Gasteiger partial charge in [0.2, 0.25) is 0 Å². The Morgan fingerprint density at radius 1 is 0.943 bits per heavy atom. The van der Waals surface area contributed by atoms with Crippen LogP contribution in [0.4, 0.5) is 0 Å². The molecule has 3 heteroatoms. The summed E-state index contributed by atoms with van der Waals surface area (Å²) in [4.78, 5) is 24.5. The number of hydrogen-bond donors (Lipinski definition) is 0. The number of allylic oxidation sites excluding steroid dienone is 2. The van der Waals surface area contributed by atoms with Gasteiger partial charge in [-0.05, 0) is 104 Å². The molecule has 0 radical (unpaired) electrons. The minimum Gasteiger partial charge on any atom is -0.462 e. The average molecular weight is 483 g/mol. The van der Waals surface area contributed by atoms with Gasteiger partial charge in [-0.15, -0.1) is 0 Å². The maximum Gasteiger partial charge on any atom is 0.302 e. The molecule has 0 heterocycles. The van der Waals surface area contributed by atoms with E-state index in [-0.39, 0.29) is 39.1 Å². The summed E-state index contributed by atoms with van der Waals surface area (Å²) in [6, 6.07) is 0. The molecule has 10 atom stereocenters. The first-order valence-electron chi connectivity index (χ1n) is 14.6. The van der Waals surface area contributed by atoms with Crippen LogP contribution in [0, 0.1) is 56.7 Å². The molecular formula is C32H50O3. The lowest BCUT2D eigenvalue weighted by Gasteiger charge is -2.71. The van der Waals surface area contributed by atoms with Gasteiger partial charge >= 0.3 is 5.97 Å². The predicted octanol–water partition coefficient (Wildman–Crippen LogP) is 7.77. The Morgan fingerprint density at radius 2 is 1.66 bits per heavy atom. The molecule has 0 N–H and O–H groups in total. The van der Waals surface area contributed by atoms with Crippen molar-refractivity contribution in [2.75, 3.05) is 0 Å². The third-order valence-electron chi connectivity index (χ3n) is 13.5. The average Bonchev–Trinajstić information content (AvgIpc) is 2.78. The number of aldehydes is 1. The molecule has 4 fully saturated rings. The lowest BCUT2D eigenvalue weighted by molar-refractivity contribution is -0.212. The Kier molecular flexibility index (Phi) is 5.79. The molecule has 0 amide bonds. The zero-order valence-electron chi connectivity index (χ0n) is 23.7. The number of carbonyl (C=O) groups excluding carboxylic acids is 2. The summed E-state index contributed by atoms with van der Waals surface area (Å²) in [6.07, 6.45) is 14.3. The van der Waals surface area contributed by atoms with Crippen LogP contribution in [0.25, 0.3) is 0 Å². The quantitative estimate of drug-likeness (QED) is 0.229. The van der Waals surface area contributed by atoms with Crippen LogP contribution >= 0.6 is 0 Å². The molecule has 0 saturated heterocycles. The second-order valence-electron chi connectivity index (χ2n) is 15.0. The van der Waals surface area contributed by atoms with E-state index in [4.69, 9.17) is 4.74 Å². The van der Waals surface area contributed by atoms with Gasteiger partial charge in [-0.25, -0.2) is 0 Å². The van der Waals surface area contributed by atoms with E-state index in [0.717, 1.165) is 38.5 Å². The van der Waals surface area contributed by atoms with E-state index >= 15 is 0 Å². The molecule has 0 spiro atoms. The summed E-state index contributed by atoms with van der Waals surface area (Å²) in [5.74, 6) is 2.75. The van der Waals surface area contributed by atoms with Crippen molar-refractivity contribution in [3.63, 3.8) is 0 Å². The summed E-state index contributed by atoms with van der Waals surface area (Å²) in [6.45, 7) is 18.9. The molecular weight excluding hydrogens is 432 g/mol. The van der Waals surface area contributed by atoms with Crippen molar-refractivity contribution >= 4 is 12.3 Å². The first-order valence-corrected chi connectivity index (χ1v) is 14.6. The Balaban J connectivity index is 1.55. The minimum absolute atomic E-state index is 0.00253. The van der Waals surface area contributed by atoms with Gasteiger partial charge in [-0.2, -0.15) is 0 Å². The lowest BCUT2D eigenvalue weighted by atomic mass is 9.33. The summed E-state index contributed by atoms with van der Waals surface area (Å²) in [5, 5.41) is 0. The molecule has 0 bridgehead atoms. The van der Waals surface area contributed by atoms with Crippen LogP contribution in [0.1, 0.15) is 113 Å². The van der Waals surface area contributed by atoms with Crippen LogP contribution in [-0.2, 0) is 14.3 Å². The molecule has 35 heavy (non-hydrogen) atoms. The van der Waals surface area contributed by atoms with Gasteiger partial charge in [0.1, 0.15) is 12.4 Å². The monoisotopic (exact) mass is 482 g/mol. The van der Waals surface area contributed by atoms with E-state index in [2.05, 4.69) is 54.5 Å². The molecule has 196 valence electrons. The second kappa shape index (κ2) is 7.94. The van der Waals surface area contributed by atoms with Gasteiger partial charge in [-0.1, -0.05) is 60.1 Å². The zero-order chi connectivity index (χ0) is 25.6. The summed E-state index contributed by atoms with van der Waals surface area (Å²) < 4.78 is 5.89. The van der Waals surface area contributed by atoms with Gasteiger partial charge in [-0.3, -0.25) is 4.79 Å². The zero-order valence-corrected chi connectivity index (χ0v) is 23.7. The fraction of sp³-hybridized carbons (Fsp3) is 0.875. The van der Waals surface area contributed by atoms with E-state index < -0.39 is 0 Å². The van der Waals surface area contributed by atoms with Gasteiger partial charge in [0, 0.05) is 17.8 Å². The van der Waals surface area contributed by atoms with Crippen LogP contribution in [0.15, 0.2) is 11.6 Å². The van der Waals surface area contributed by atoms with Crippen molar-refractivity contribution in [2.45, 2.75) is 119 Å². The number of esters is 1. The smallest absolute Gasteiger partial charge is 0.302 e. The molecule has 5 rings (SSSR count). The van der Waals surface area contributed by atoms with Crippen LogP contribution in [-0.4, -0.2) is 18.4 Å².